The molecule has 2 aromatic heterocycles. The van der Waals surface area contributed by atoms with E-state index in [2.05, 4.69) is 76.0 Å². The van der Waals surface area contributed by atoms with Crippen LogP contribution in [0.3, 0.4) is 0 Å². The van der Waals surface area contributed by atoms with Crippen LogP contribution in [-0.4, -0.2) is 29.2 Å². The Balaban J connectivity index is 1.89. The highest BCUT2D eigenvalue weighted by Gasteiger charge is 2.15. The summed E-state index contributed by atoms with van der Waals surface area (Å²) in [5.74, 6) is 0.910. The molecule has 2 heterocycles. The van der Waals surface area contributed by atoms with Gasteiger partial charge in [0.15, 0.2) is 5.65 Å². The number of fused-ring (bicyclic) bond motifs is 1. The number of ether oxygens (including phenoxy) is 1. The van der Waals surface area contributed by atoms with Crippen LogP contribution in [0.5, 0.6) is 0 Å². The molecular weight excluding hydrogens is 429 g/mol. The van der Waals surface area contributed by atoms with Gasteiger partial charge >= 0.3 is 0 Å². The highest BCUT2D eigenvalue weighted by molar-refractivity contribution is 14.1. The molecule has 0 fully saturated rings. The smallest absolute Gasteiger partial charge is 0.162 e. The van der Waals surface area contributed by atoms with Crippen molar-refractivity contribution in [3.63, 3.8) is 0 Å². The van der Waals surface area contributed by atoms with Crippen LogP contribution in [0.1, 0.15) is 0 Å². The minimum Gasteiger partial charge on any atom is -0.361 e. The molecule has 6 heteroatoms. The molecule has 0 saturated heterocycles. The van der Waals surface area contributed by atoms with Gasteiger partial charge in [0.1, 0.15) is 18.1 Å². The predicted octanol–water partition coefficient (Wildman–Crippen LogP) is 5.02. The lowest BCUT2D eigenvalue weighted by molar-refractivity contribution is 0.0906. The number of aromatic nitrogens is 3. The zero-order chi connectivity index (χ0) is 17.2. The topological polar surface area (TPSA) is 39.9 Å². The van der Waals surface area contributed by atoms with Crippen LogP contribution in [0.15, 0.2) is 42.6 Å². The van der Waals surface area contributed by atoms with Gasteiger partial charge in [-0.25, -0.2) is 9.97 Å². The number of nitrogens with zero attached hydrogens (tertiary/aromatic N) is 3. The van der Waals surface area contributed by atoms with Crippen LogP contribution in [0, 0.1) is 3.57 Å². The molecule has 0 aliphatic heterocycles. The second kappa shape index (κ2) is 7.33. The van der Waals surface area contributed by atoms with Crippen molar-refractivity contribution >= 4 is 41.8 Å². The first-order valence-corrected chi connectivity index (χ1v) is 12.9. The number of imidazole rings is 1. The monoisotopic (exact) mass is 451 g/mol. The summed E-state index contributed by atoms with van der Waals surface area (Å²) in [6.45, 7) is 8.36. The summed E-state index contributed by atoms with van der Waals surface area (Å²) in [6, 6.07) is 13.5. The number of hydrogen-bond donors (Lipinski definition) is 0. The molecule has 0 spiro atoms. The van der Waals surface area contributed by atoms with Gasteiger partial charge < -0.3 is 4.74 Å². The zero-order valence-corrected chi connectivity index (χ0v) is 17.4. The first kappa shape index (κ1) is 17.6. The number of benzene rings is 1. The summed E-state index contributed by atoms with van der Waals surface area (Å²) in [4.78, 5) is 9.27. The van der Waals surface area contributed by atoms with Crippen molar-refractivity contribution < 1.29 is 4.74 Å². The predicted molar refractivity (Wildman–Crippen MR) is 110 cm³/mol. The lowest BCUT2D eigenvalue weighted by Gasteiger charge is -2.16. The SMILES string of the molecule is C[Si](C)(C)CCOCn1c(-c2ccc(I)cc2)nc2cccnc21. The Hall–Kier alpha value is -1.25. The van der Waals surface area contributed by atoms with E-state index in [1.54, 1.807) is 6.20 Å². The quantitative estimate of drug-likeness (QED) is 0.300. The fraction of sp³-hybridized carbons (Fsp3) is 0.333. The second-order valence-electron chi connectivity index (χ2n) is 7.06. The Morgan fingerprint density at radius 3 is 2.58 bits per heavy atom. The van der Waals surface area contributed by atoms with E-state index in [1.807, 2.05) is 12.1 Å². The van der Waals surface area contributed by atoms with Gasteiger partial charge in [0.25, 0.3) is 0 Å². The van der Waals surface area contributed by atoms with Crippen LogP contribution < -0.4 is 0 Å². The Labute approximate surface area is 157 Å². The second-order valence-corrected chi connectivity index (χ2v) is 13.9. The number of pyridine rings is 1. The van der Waals surface area contributed by atoms with Gasteiger partial charge in [-0.05, 0) is 52.9 Å². The summed E-state index contributed by atoms with van der Waals surface area (Å²) in [5, 5.41) is 0. The molecule has 4 nitrogen and oxygen atoms in total. The molecule has 0 N–H and O–H groups in total. The van der Waals surface area contributed by atoms with Crippen LogP contribution in [0.2, 0.25) is 25.7 Å². The molecule has 0 aliphatic rings. The first-order chi connectivity index (χ1) is 11.4. The van der Waals surface area contributed by atoms with Crippen molar-refractivity contribution in [3.05, 3.63) is 46.2 Å². The summed E-state index contributed by atoms with van der Waals surface area (Å²) in [5.41, 5.74) is 2.86. The third kappa shape index (κ3) is 4.23. The molecule has 0 unspecified atom stereocenters. The molecule has 0 aliphatic carbocycles. The maximum Gasteiger partial charge on any atom is 0.162 e. The van der Waals surface area contributed by atoms with Crippen LogP contribution in [0.4, 0.5) is 0 Å². The van der Waals surface area contributed by atoms with Crippen LogP contribution in [-0.2, 0) is 11.5 Å². The van der Waals surface area contributed by atoms with E-state index >= 15 is 0 Å². The number of halogens is 1. The van der Waals surface area contributed by atoms with Crippen LogP contribution >= 0.6 is 22.6 Å². The number of rotatable bonds is 6. The largest absolute Gasteiger partial charge is 0.361 e. The summed E-state index contributed by atoms with van der Waals surface area (Å²) >= 11 is 2.31. The summed E-state index contributed by atoms with van der Waals surface area (Å²) in [6.07, 6.45) is 1.81. The maximum atomic E-state index is 5.96. The molecule has 126 valence electrons. The molecule has 0 saturated carbocycles. The Bertz CT molecular complexity index is 824. The minimum absolute atomic E-state index is 0.485. The minimum atomic E-state index is -1.08. The lowest BCUT2D eigenvalue weighted by atomic mass is 10.2. The van der Waals surface area contributed by atoms with Gasteiger partial charge in [0, 0.05) is 30.0 Å². The van der Waals surface area contributed by atoms with Gasteiger partial charge in [-0.1, -0.05) is 31.8 Å². The van der Waals surface area contributed by atoms with Gasteiger partial charge in [-0.3, -0.25) is 4.57 Å². The fourth-order valence-electron chi connectivity index (χ4n) is 2.43. The average molecular weight is 451 g/mol. The van der Waals surface area contributed by atoms with Gasteiger partial charge in [0.05, 0.1) is 0 Å². The van der Waals surface area contributed by atoms with E-state index < -0.39 is 8.07 Å². The van der Waals surface area contributed by atoms with E-state index in [0.29, 0.717) is 6.73 Å². The molecule has 0 amide bonds. The van der Waals surface area contributed by atoms with Crippen molar-refractivity contribution in [2.75, 3.05) is 6.61 Å². The summed E-state index contributed by atoms with van der Waals surface area (Å²) in [7, 11) is -1.08. The molecule has 1 aromatic carbocycles. The molecule has 3 rings (SSSR count). The van der Waals surface area contributed by atoms with Gasteiger partial charge in [0.2, 0.25) is 0 Å². The normalized spacial score (nSPS) is 12.0. The molecule has 3 aromatic rings. The Morgan fingerprint density at radius 1 is 1.12 bits per heavy atom. The highest BCUT2D eigenvalue weighted by Crippen LogP contribution is 2.24. The summed E-state index contributed by atoms with van der Waals surface area (Å²) < 4.78 is 9.25. The van der Waals surface area contributed by atoms with Crippen molar-refractivity contribution in [3.8, 4) is 11.4 Å². The van der Waals surface area contributed by atoms with Crippen molar-refractivity contribution in [2.45, 2.75) is 32.4 Å². The molecule has 0 bridgehead atoms. The molecular formula is C18H22IN3OSi. The molecule has 0 atom stereocenters. The maximum absolute atomic E-state index is 5.96. The average Bonchev–Trinajstić information content (AvgIpc) is 2.90. The van der Waals surface area contributed by atoms with Gasteiger partial charge in [-0.15, -0.1) is 0 Å². The Morgan fingerprint density at radius 2 is 1.88 bits per heavy atom. The van der Waals surface area contributed by atoms with E-state index in [-0.39, 0.29) is 0 Å². The standard InChI is InChI=1S/C18H22IN3OSi/c1-24(2,3)12-11-23-13-22-17(14-6-8-15(19)9-7-14)21-16-5-4-10-20-18(16)22/h4-10H,11-13H2,1-3H3. The van der Waals surface area contributed by atoms with Crippen molar-refractivity contribution in [2.24, 2.45) is 0 Å². The van der Waals surface area contributed by atoms with E-state index in [4.69, 9.17) is 9.72 Å². The van der Waals surface area contributed by atoms with Gasteiger partial charge in [-0.2, -0.15) is 0 Å². The number of hydrogen-bond acceptors (Lipinski definition) is 3. The third-order valence-corrected chi connectivity index (χ3v) is 6.25. The van der Waals surface area contributed by atoms with Crippen LogP contribution in [0.25, 0.3) is 22.6 Å². The third-order valence-electron chi connectivity index (χ3n) is 3.82. The Kier molecular flexibility index (Phi) is 5.36. The molecule has 0 radical (unpaired) electrons. The zero-order valence-electron chi connectivity index (χ0n) is 14.3. The lowest BCUT2D eigenvalue weighted by Crippen LogP contribution is -2.22. The van der Waals surface area contributed by atoms with Crippen molar-refractivity contribution in [1.82, 2.24) is 14.5 Å². The highest BCUT2D eigenvalue weighted by atomic mass is 127. The van der Waals surface area contributed by atoms with Crippen molar-refractivity contribution in [1.29, 1.82) is 0 Å². The van der Waals surface area contributed by atoms with E-state index in [0.717, 1.165) is 35.2 Å². The molecule has 24 heavy (non-hydrogen) atoms. The fourth-order valence-corrected chi connectivity index (χ4v) is 3.55. The first-order valence-electron chi connectivity index (χ1n) is 8.09. The van der Waals surface area contributed by atoms with E-state index in [9.17, 15) is 0 Å². The van der Waals surface area contributed by atoms with E-state index in [1.165, 1.54) is 3.57 Å².